The first-order valence-corrected chi connectivity index (χ1v) is 9.02. The number of fused-ring (bicyclic) bond motifs is 2. The topological polar surface area (TPSA) is 26.3 Å². The van der Waals surface area contributed by atoms with Crippen LogP contribution in [-0.2, 0) is 11.2 Å². The number of ether oxygens (including phenoxy) is 1. The molecule has 0 amide bonds. The predicted octanol–water partition coefficient (Wildman–Crippen LogP) is 4.96. The van der Waals surface area contributed by atoms with Crippen molar-refractivity contribution in [3.05, 3.63) is 69.3 Å². The Bertz CT molecular complexity index is 918. The minimum Gasteiger partial charge on any atom is -0.496 e. The maximum atomic E-state index is 12.7. The summed E-state index contributed by atoms with van der Waals surface area (Å²) in [4.78, 5) is 12.7. The molecule has 0 heterocycles. The van der Waals surface area contributed by atoms with Gasteiger partial charge in [-0.2, -0.15) is 0 Å². The molecule has 2 aromatic carbocycles. The van der Waals surface area contributed by atoms with Crippen LogP contribution in [0, 0.1) is 26.7 Å². The quantitative estimate of drug-likeness (QED) is 0.777. The molecule has 128 valence electrons. The number of hydrogen-bond donors (Lipinski definition) is 0. The summed E-state index contributed by atoms with van der Waals surface area (Å²) in [5.74, 6) is 1.57. The number of benzene rings is 2. The molecule has 0 N–H and O–H groups in total. The van der Waals surface area contributed by atoms with Crippen molar-refractivity contribution in [1.82, 2.24) is 0 Å². The van der Waals surface area contributed by atoms with E-state index in [1.54, 1.807) is 7.11 Å². The number of aryl methyl sites for hydroxylation is 3. The van der Waals surface area contributed by atoms with Crippen molar-refractivity contribution in [2.75, 3.05) is 7.11 Å². The molecule has 0 aliphatic heterocycles. The van der Waals surface area contributed by atoms with E-state index in [4.69, 9.17) is 4.74 Å². The second-order valence-corrected chi connectivity index (χ2v) is 7.43. The van der Waals surface area contributed by atoms with Crippen LogP contribution in [-0.4, -0.2) is 12.9 Å². The SMILES string of the molecule is COc1cc(C2=C3C(=O)CCC3Cc3cc(C)c(C)cc32)ccc1C. The summed E-state index contributed by atoms with van der Waals surface area (Å²) in [6.07, 6.45) is 2.65. The number of carbonyl (C=O) groups excluding carboxylic acids is 1. The number of allylic oxidation sites excluding steroid dienone is 1. The van der Waals surface area contributed by atoms with E-state index in [1.807, 2.05) is 6.92 Å². The highest BCUT2D eigenvalue weighted by atomic mass is 16.5. The Morgan fingerprint density at radius 3 is 2.52 bits per heavy atom. The first-order valence-electron chi connectivity index (χ1n) is 9.02. The number of rotatable bonds is 2. The average molecular weight is 332 g/mol. The largest absolute Gasteiger partial charge is 0.496 e. The Morgan fingerprint density at radius 2 is 1.76 bits per heavy atom. The summed E-state index contributed by atoms with van der Waals surface area (Å²) in [5.41, 5.74) is 9.60. The van der Waals surface area contributed by atoms with Gasteiger partial charge < -0.3 is 4.74 Å². The summed E-state index contributed by atoms with van der Waals surface area (Å²) in [6.45, 7) is 6.37. The normalized spacial score (nSPS) is 19.0. The van der Waals surface area contributed by atoms with Crippen molar-refractivity contribution in [1.29, 1.82) is 0 Å². The molecule has 2 aliphatic rings. The van der Waals surface area contributed by atoms with Crippen molar-refractivity contribution in [2.24, 2.45) is 5.92 Å². The third-order valence-corrected chi connectivity index (χ3v) is 5.85. The van der Waals surface area contributed by atoms with Gasteiger partial charge in [0, 0.05) is 12.0 Å². The van der Waals surface area contributed by atoms with E-state index in [-0.39, 0.29) is 0 Å². The third kappa shape index (κ3) is 2.52. The molecule has 1 saturated carbocycles. The van der Waals surface area contributed by atoms with Gasteiger partial charge in [0.05, 0.1) is 7.11 Å². The molecule has 4 rings (SSSR count). The molecule has 2 aliphatic carbocycles. The van der Waals surface area contributed by atoms with E-state index in [0.29, 0.717) is 18.1 Å². The van der Waals surface area contributed by atoms with Crippen molar-refractivity contribution in [3.63, 3.8) is 0 Å². The first-order chi connectivity index (χ1) is 12.0. The van der Waals surface area contributed by atoms with Crippen LogP contribution in [0.2, 0.25) is 0 Å². The van der Waals surface area contributed by atoms with Gasteiger partial charge in [0.2, 0.25) is 0 Å². The lowest BCUT2D eigenvalue weighted by Crippen LogP contribution is -2.16. The van der Waals surface area contributed by atoms with Gasteiger partial charge in [-0.15, -0.1) is 0 Å². The molecule has 0 saturated heterocycles. The Morgan fingerprint density at radius 1 is 1.00 bits per heavy atom. The third-order valence-electron chi connectivity index (χ3n) is 5.85. The maximum absolute atomic E-state index is 12.7. The molecule has 0 aromatic heterocycles. The molecular formula is C23H24O2. The molecule has 0 bridgehead atoms. The maximum Gasteiger partial charge on any atom is 0.159 e. The van der Waals surface area contributed by atoms with Crippen LogP contribution in [0.3, 0.4) is 0 Å². The molecule has 1 unspecified atom stereocenters. The molecule has 2 aromatic rings. The van der Waals surface area contributed by atoms with Gasteiger partial charge in [0.1, 0.15) is 5.75 Å². The smallest absolute Gasteiger partial charge is 0.159 e. The molecule has 25 heavy (non-hydrogen) atoms. The molecule has 0 radical (unpaired) electrons. The lowest BCUT2D eigenvalue weighted by atomic mass is 9.76. The Hall–Kier alpha value is -2.35. The van der Waals surface area contributed by atoms with E-state index in [9.17, 15) is 4.79 Å². The van der Waals surface area contributed by atoms with Gasteiger partial charge in [-0.1, -0.05) is 24.3 Å². The van der Waals surface area contributed by atoms with Gasteiger partial charge in [0.15, 0.2) is 5.78 Å². The number of methoxy groups -OCH3 is 1. The number of ketones is 1. The van der Waals surface area contributed by atoms with Crippen LogP contribution in [0.4, 0.5) is 0 Å². The molecule has 2 heteroatoms. The second-order valence-electron chi connectivity index (χ2n) is 7.43. The lowest BCUT2D eigenvalue weighted by Gasteiger charge is -2.27. The van der Waals surface area contributed by atoms with E-state index in [1.165, 1.54) is 22.3 Å². The molecule has 2 nitrogen and oxygen atoms in total. The van der Waals surface area contributed by atoms with Gasteiger partial charge in [-0.25, -0.2) is 0 Å². The minimum absolute atomic E-state index is 0.323. The lowest BCUT2D eigenvalue weighted by molar-refractivity contribution is -0.114. The second kappa shape index (κ2) is 5.87. The molecule has 0 spiro atoms. The Kier molecular flexibility index (Phi) is 3.79. The standard InChI is InChI=1S/C23H24O2/c1-13-5-6-17(12-21(13)25-4)22-19-10-15(3)14(2)9-18(19)11-16-7-8-20(24)23(16)22/h5-6,9-10,12,16H,7-8,11H2,1-4H3. The van der Waals surface area contributed by atoms with Crippen LogP contribution >= 0.6 is 0 Å². The predicted molar refractivity (Wildman–Crippen MR) is 101 cm³/mol. The zero-order valence-corrected chi connectivity index (χ0v) is 15.4. The van der Waals surface area contributed by atoms with Crippen molar-refractivity contribution in [2.45, 2.75) is 40.0 Å². The van der Waals surface area contributed by atoms with Crippen LogP contribution in [0.1, 0.15) is 46.2 Å². The van der Waals surface area contributed by atoms with Crippen LogP contribution in [0.25, 0.3) is 5.57 Å². The zero-order chi connectivity index (χ0) is 17.7. The summed E-state index contributed by atoms with van der Waals surface area (Å²) in [7, 11) is 1.70. The number of carbonyl (C=O) groups is 1. The van der Waals surface area contributed by atoms with Crippen LogP contribution in [0.15, 0.2) is 35.9 Å². The van der Waals surface area contributed by atoms with E-state index >= 15 is 0 Å². The monoisotopic (exact) mass is 332 g/mol. The van der Waals surface area contributed by atoms with Gasteiger partial charge in [0.25, 0.3) is 0 Å². The van der Waals surface area contributed by atoms with Gasteiger partial charge in [-0.05, 0) is 84.6 Å². The first kappa shape index (κ1) is 16.1. The molecular weight excluding hydrogens is 308 g/mol. The van der Waals surface area contributed by atoms with Gasteiger partial charge >= 0.3 is 0 Å². The summed E-state index contributed by atoms with van der Waals surface area (Å²) in [6, 6.07) is 10.9. The minimum atomic E-state index is 0.323. The van der Waals surface area contributed by atoms with Crippen molar-refractivity contribution in [3.8, 4) is 5.75 Å². The highest BCUT2D eigenvalue weighted by molar-refractivity contribution is 6.09. The van der Waals surface area contributed by atoms with Crippen LogP contribution in [0.5, 0.6) is 5.75 Å². The van der Waals surface area contributed by atoms with Crippen molar-refractivity contribution < 1.29 is 9.53 Å². The van der Waals surface area contributed by atoms with Crippen LogP contribution < -0.4 is 4.74 Å². The number of hydrogen-bond acceptors (Lipinski definition) is 2. The van der Waals surface area contributed by atoms with E-state index in [0.717, 1.165) is 40.9 Å². The average Bonchev–Trinajstić information content (AvgIpc) is 2.96. The molecule has 1 atom stereocenters. The summed E-state index contributed by atoms with van der Waals surface area (Å²) >= 11 is 0. The summed E-state index contributed by atoms with van der Waals surface area (Å²) < 4.78 is 5.54. The fraction of sp³-hybridized carbons (Fsp3) is 0.348. The molecule has 1 fully saturated rings. The Labute approximate surface area is 149 Å². The van der Waals surface area contributed by atoms with Gasteiger partial charge in [-0.3, -0.25) is 4.79 Å². The highest BCUT2D eigenvalue weighted by Crippen LogP contribution is 2.46. The van der Waals surface area contributed by atoms with E-state index < -0.39 is 0 Å². The fourth-order valence-corrected chi connectivity index (χ4v) is 4.33. The summed E-state index contributed by atoms with van der Waals surface area (Å²) in [5, 5.41) is 0. The Balaban J connectivity index is 2.01. The number of Topliss-reactive ketones (excluding diaryl/α,β-unsaturated/α-hetero) is 1. The fourth-order valence-electron chi connectivity index (χ4n) is 4.33. The zero-order valence-electron chi connectivity index (χ0n) is 15.4. The van der Waals surface area contributed by atoms with Crippen molar-refractivity contribution >= 4 is 11.4 Å². The van der Waals surface area contributed by atoms with E-state index in [2.05, 4.69) is 44.2 Å². The highest BCUT2D eigenvalue weighted by Gasteiger charge is 2.36.